The third kappa shape index (κ3) is 1.35. The average molecular weight is 188 g/mol. The molecule has 2 aromatic rings. The Labute approximate surface area is 80.2 Å². The fraction of sp³-hybridized carbons (Fsp3) is 0. The van der Waals surface area contributed by atoms with Crippen LogP contribution in [0.1, 0.15) is 0 Å². The predicted molar refractivity (Wildman–Crippen MR) is 50.4 cm³/mol. The van der Waals surface area contributed by atoms with E-state index in [1.54, 1.807) is 30.6 Å². The van der Waals surface area contributed by atoms with Crippen molar-refractivity contribution in [2.24, 2.45) is 5.73 Å². The number of hydrogen-bond donors (Lipinski definition) is 1. The van der Waals surface area contributed by atoms with Gasteiger partial charge < -0.3 is 5.73 Å². The normalized spacial score (nSPS) is 10.0. The Morgan fingerprint density at radius 2 is 1.93 bits per heavy atom. The van der Waals surface area contributed by atoms with E-state index in [-0.39, 0.29) is 0 Å². The lowest BCUT2D eigenvalue weighted by Gasteiger charge is -2.01. The molecule has 0 spiro atoms. The van der Waals surface area contributed by atoms with Gasteiger partial charge in [-0.25, -0.2) is 4.79 Å². The van der Waals surface area contributed by atoms with Gasteiger partial charge >= 0.3 is 6.03 Å². The maximum absolute atomic E-state index is 11.0. The Kier molecular flexibility index (Phi) is 1.98. The molecule has 0 atom stereocenters. The van der Waals surface area contributed by atoms with Crippen LogP contribution in [0, 0.1) is 0 Å². The summed E-state index contributed by atoms with van der Waals surface area (Å²) in [6.45, 7) is 0. The lowest BCUT2D eigenvalue weighted by Crippen LogP contribution is -2.21. The summed E-state index contributed by atoms with van der Waals surface area (Å²) in [6, 6.07) is 4.70. The molecule has 2 aromatic heterocycles. The number of aromatic nitrogens is 3. The van der Waals surface area contributed by atoms with Crippen LogP contribution in [-0.4, -0.2) is 20.8 Å². The van der Waals surface area contributed by atoms with Gasteiger partial charge in [0.05, 0.1) is 11.9 Å². The standard InChI is InChI=1S/C9H8N4O/c10-9(14)13-8(3-6-12-13)7-1-4-11-5-2-7/h1-6H,(H2,10,14). The topological polar surface area (TPSA) is 73.8 Å². The first kappa shape index (κ1) is 8.43. The maximum atomic E-state index is 11.0. The SMILES string of the molecule is NC(=O)n1nccc1-c1ccncc1. The molecule has 2 N–H and O–H groups in total. The van der Waals surface area contributed by atoms with Gasteiger partial charge in [0.2, 0.25) is 0 Å². The summed E-state index contributed by atoms with van der Waals surface area (Å²) >= 11 is 0. The van der Waals surface area contributed by atoms with Gasteiger partial charge in [-0.05, 0) is 18.2 Å². The van der Waals surface area contributed by atoms with E-state index in [4.69, 9.17) is 5.73 Å². The molecule has 5 nitrogen and oxygen atoms in total. The summed E-state index contributed by atoms with van der Waals surface area (Å²) in [5.41, 5.74) is 6.67. The molecule has 14 heavy (non-hydrogen) atoms. The Morgan fingerprint density at radius 1 is 1.21 bits per heavy atom. The van der Waals surface area contributed by atoms with Crippen LogP contribution in [0.25, 0.3) is 11.3 Å². The molecule has 0 saturated heterocycles. The summed E-state index contributed by atoms with van der Waals surface area (Å²) in [5.74, 6) is 0. The number of nitrogens with zero attached hydrogens (tertiary/aromatic N) is 3. The molecule has 0 unspecified atom stereocenters. The Morgan fingerprint density at radius 3 is 2.57 bits per heavy atom. The van der Waals surface area contributed by atoms with E-state index in [0.29, 0.717) is 5.69 Å². The number of amides is 1. The fourth-order valence-electron chi connectivity index (χ4n) is 1.22. The Bertz CT molecular complexity index is 449. The van der Waals surface area contributed by atoms with Crippen molar-refractivity contribution in [2.45, 2.75) is 0 Å². The van der Waals surface area contributed by atoms with Crippen molar-refractivity contribution in [2.75, 3.05) is 0 Å². The Hall–Kier alpha value is -2.17. The highest BCUT2D eigenvalue weighted by molar-refractivity contribution is 5.79. The van der Waals surface area contributed by atoms with E-state index >= 15 is 0 Å². The van der Waals surface area contributed by atoms with Gasteiger partial charge in [-0.3, -0.25) is 4.98 Å². The molecule has 0 aliphatic heterocycles. The summed E-state index contributed by atoms with van der Waals surface area (Å²) in [4.78, 5) is 14.8. The molecule has 0 aliphatic carbocycles. The lowest BCUT2D eigenvalue weighted by molar-refractivity contribution is 0.248. The van der Waals surface area contributed by atoms with E-state index in [1.807, 2.05) is 0 Å². The summed E-state index contributed by atoms with van der Waals surface area (Å²) < 4.78 is 1.15. The van der Waals surface area contributed by atoms with Crippen LogP contribution in [0.3, 0.4) is 0 Å². The first-order valence-corrected chi connectivity index (χ1v) is 4.03. The highest BCUT2D eigenvalue weighted by atomic mass is 16.2. The van der Waals surface area contributed by atoms with Gasteiger partial charge in [-0.2, -0.15) is 9.78 Å². The zero-order valence-electron chi connectivity index (χ0n) is 7.29. The molecule has 0 radical (unpaired) electrons. The smallest absolute Gasteiger partial charge is 0.340 e. The summed E-state index contributed by atoms with van der Waals surface area (Å²) in [6.07, 6.45) is 4.82. The van der Waals surface area contributed by atoms with Crippen molar-refractivity contribution in [1.82, 2.24) is 14.8 Å². The van der Waals surface area contributed by atoms with Crippen molar-refractivity contribution in [1.29, 1.82) is 0 Å². The molecule has 0 aliphatic rings. The van der Waals surface area contributed by atoms with Gasteiger partial charge in [-0.1, -0.05) is 0 Å². The number of primary amides is 1. The Balaban J connectivity index is 2.52. The van der Waals surface area contributed by atoms with Crippen LogP contribution in [0.4, 0.5) is 4.79 Å². The largest absolute Gasteiger partial charge is 0.350 e. The third-order valence-electron chi connectivity index (χ3n) is 1.83. The molecule has 0 saturated carbocycles. The van der Waals surface area contributed by atoms with Gasteiger partial charge in [0.25, 0.3) is 0 Å². The zero-order valence-corrected chi connectivity index (χ0v) is 7.29. The molecule has 2 heterocycles. The van der Waals surface area contributed by atoms with Gasteiger partial charge in [-0.15, -0.1) is 0 Å². The van der Waals surface area contributed by atoms with Crippen molar-refractivity contribution >= 4 is 6.03 Å². The van der Waals surface area contributed by atoms with Crippen molar-refractivity contribution in [3.63, 3.8) is 0 Å². The molecule has 2 rings (SSSR count). The second-order valence-electron chi connectivity index (χ2n) is 2.70. The first-order chi connectivity index (χ1) is 6.79. The molecular formula is C9H8N4O. The molecule has 0 bridgehead atoms. The van der Waals surface area contributed by atoms with Gasteiger partial charge in [0.1, 0.15) is 0 Å². The third-order valence-corrected chi connectivity index (χ3v) is 1.83. The second-order valence-corrected chi connectivity index (χ2v) is 2.70. The minimum atomic E-state index is -0.596. The molecule has 1 amide bonds. The fourth-order valence-corrected chi connectivity index (χ4v) is 1.22. The number of rotatable bonds is 1. The van der Waals surface area contributed by atoms with Crippen LogP contribution in [0.5, 0.6) is 0 Å². The number of pyridine rings is 1. The summed E-state index contributed by atoms with van der Waals surface area (Å²) in [5, 5.41) is 3.81. The van der Waals surface area contributed by atoms with E-state index in [9.17, 15) is 4.79 Å². The molecular weight excluding hydrogens is 180 g/mol. The van der Waals surface area contributed by atoms with Crippen LogP contribution in [0.15, 0.2) is 36.8 Å². The number of carbonyl (C=O) groups is 1. The monoisotopic (exact) mass is 188 g/mol. The van der Waals surface area contributed by atoms with E-state index in [2.05, 4.69) is 10.1 Å². The van der Waals surface area contributed by atoms with Crippen LogP contribution in [-0.2, 0) is 0 Å². The van der Waals surface area contributed by atoms with E-state index in [1.165, 1.54) is 6.20 Å². The second kappa shape index (κ2) is 3.29. The van der Waals surface area contributed by atoms with Crippen molar-refractivity contribution < 1.29 is 4.79 Å². The highest BCUT2D eigenvalue weighted by Crippen LogP contribution is 2.16. The van der Waals surface area contributed by atoms with E-state index in [0.717, 1.165) is 10.2 Å². The minimum Gasteiger partial charge on any atom is -0.350 e. The van der Waals surface area contributed by atoms with E-state index < -0.39 is 6.03 Å². The maximum Gasteiger partial charge on any atom is 0.340 e. The predicted octanol–water partition coefficient (Wildman–Crippen LogP) is 0.872. The highest BCUT2D eigenvalue weighted by Gasteiger charge is 2.08. The first-order valence-electron chi connectivity index (χ1n) is 4.03. The van der Waals surface area contributed by atoms with Crippen LogP contribution < -0.4 is 5.73 Å². The quantitative estimate of drug-likeness (QED) is 0.721. The molecule has 0 fully saturated rings. The van der Waals surface area contributed by atoms with Crippen LogP contribution in [0.2, 0.25) is 0 Å². The number of carbonyl (C=O) groups excluding carboxylic acids is 1. The van der Waals surface area contributed by atoms with Crippen LogP contribution >= 0.6 is 0 Å². The number of nitrogens with two attached hydrogens (primary N) is 1. The van der Waals surface area contributed by atoms with Gasteiger partial charge in [0.15, 0.2) is 0 Å². The summed E-state index contributed by atoms with van der Waals surface area (Å²) in [7, 11) is 0. The van der Waals surface area contributed by atoms with Crippen molar-refractivity contribution in [3.05, 3.63) is 36.8 Å². The van der Waals surface area contributed by atoms with Gasteiger partial charge in [0, 0.05) is 18.0 Å². The molecule has 70 valence electrons. The minimum absolute atomic E-state index is 0.596. The zero-order chi connectivity index (χ0) is 9.97. The average Bonchev–Trinajstić information content (AvgIpc) is 2.67. The van der Waals surface area contributed by atoms with Crippen molar-refractivity contribution in [3.8, 4) is 11.3 Å². The number of hydrogen-bond acceptors (Lipinski definition) is 3. The molecule has 5 heteroatoms. The molecule has 0 aromatic carbocycles. The lowest BCUT2D eigenvalue weighted by atomic mass is 10.2.